The number of methoxy groups -OCH3 is 1. The van der Waals surface area contributed by atoms with Gasteiger partial charge < -0.3 is 4.74 Å². The topological polar surface area (TPSA) is 161 Å². The van der Waals surface area contributed by atoms with Crippen LogP contribution in [0, 0.1) is 0 Å². The summed E-state index contributed by atoms with van der Waals surface area (Å²) in [6.45, 7) is 0.119. The second-order valence-electron chi connectivity index (χ2n) is 6.56. The summed E-state index contributed by atoms with van der Waals surface area (Å²) < 4.78 is 53.2. The maximum atomic E-state index is 12.0. The van der Waals surface area contributed by atoms with Gasteiger partial charge in [0.05, 0.1) is 67.9 Å². The summed E-state index contributed by atoms with van der Waals surface area (Å²) in [5.41, 5.74) is 1.87. The SMILES string of the molecule is COC(=O)c1ccc(CN(c2cncnc2)S(C)(=O)=O)cc1.CS(=O)(=O)Nc1cncnc1. The first-order valence-corrected chi connectivity index (χ1v) is 12.9. The molecular weight excluding hydrogens is 472 g/mol. The van der Waals surface area contributed by atoms with Gasteiger partial charge in [0.25, 0.3) is 0 Å². The predicted molar refractivity (Wildman–Crippen MR) is 121 cm³/mol. The molecule has 2 aromatic heterocycles. The Bertz CT molecular complexity index is 1260. The molecule has 0 saturated heterocycles. The maximum Gasteiger partial charge on any atom is 0.337 e. The van der Waals surface area contributed by atoms with Gasteiger partial charge in [-0.2, -0.15) is 0 Å². The average Bonchev–Trinajstić information content (AvgIpc) is 2.77. The number of rotatable bonds is 7. The third-order valence-corrected chi connectivity index (χ3v) is 5.55. The fourth-order valence-corrected chi connectivity index (χ4v) is 3.81. The number of anilines is 2. The molecule has 0 atom stereocenters. The minimum atomic E-state index is -3.49. The molecule has 0 aliphatic carbocycles. The molecule has 33 heavy (non-hydrogen) atoms. The summed E-state index contributed by atoms with van der Waals surface area (Å²) in [7, 11) is -5.39. The first-order chi connectivity index (χ1) is 15.5. The highest BCUT2D eigenvalue weighted by Gasteiger charge is 2.18. The fourth-order valence-electron chi connectivity index (χ4n) is 2.42. The Hall–Kier alpha value is -3.65. The molecular formula is C19H22N6O6S2. The van der Waals surface area contributed by atoms with E-state index in [-0.39, 0.29) is 6.54 Å². The first-order valence-electron chi connectivity index (χ1n) is 9.12. The van der Waals surface area contributed by atoms with Gasteiger partial charge in [-0.1, -0.05) is 12.1 Å². The third kappa shape index (κ3) is 8.78. The minimum Gasteiger partial charge on any atom is -0.465 e. The molecule has 0 fully saturated rings. The number of hydrogen-bond acceptors (Lipinski definition) is 10. The molecule has 12 nitrogen and oxygen atoms in total. The molecule has 1 N–H and O–H groups in total. The lowest BCUT2D eigenvalue weighted by atomic mass is 10.1. The van der Waals surface area contributed by atoms with Crippen molar-refractivity contribution in [3.63, 3.8) is 0 Å². The Labute approximate surface area is 191 Å². The molecule has 1 aromatic carbocycles. The van der Waals surface area contributed by atoms with Crippen LogP contribution in [0.3, 0.4) is 0 Å². The monoisotopic (exact) mass is 494 g/mol. The van der Waals surface area contributed by atoms with Crippen molar-refractivity contribution in [3.05, 3.63) is 72.8 Å². The number of sulfonamides is 2. The predicted octanol–water partition coefficient (Wildman–Crippen LogP) is 1.08. The van der Waals surface area contributed by atoms with Gasteiger partial charge in [0.15, 0.2) is 0 Å². The third-order valence-electron chi connectivity index (χ3n) is 3.80. The van der Waals surface area contributed by atoms with Gasteiger partial charge in [-0.15, -0.1) is 0 Å². The normalized spacial score (nSPS) is 11.0. The van der Waals surface area contributed by atoms with Crippen molar-refractivity contribution in [3.8, 4) is 0 Å². The largest absolute Gasteiger partial charge is 0.465 e. The van der Waals surface area contributed by atoms with Crippen molar-refractivity contribution in [1.82, 2.24) is 19.9 Å². The Balaban J connectivity index is 0.000000294. The zero-order valence-electron chi connectivity index (χ0n) is 18.0. The van der Waals surface area contributed by atoms with E-state index in [0.29, 0.717) is 16.9 Å². The zero-order chi connectivity index (χ0) is 24.5. The molecule has 14 heteroatoms. The van der Waals surface area contributed by atoms with Crippen molar-refractivity contribution in [2.24, 2.45) is 0 Å². The van der Waals surface area contributed by atoms with Gasteiger partial charge in [0.1, 0.15) is 12.7 Å². The van der Waals surface area contributed by atoms with Crippen LogP contribution in [0.2, 0.25) is 0 Å². The smallest absolute Gasteiger partial charge is 0.337 e. The molecule has 0 radical (unpaired) electrons. The molecule has 2 heterocycles. The van der Waals surface area contributed by atoms with Crippen LogP contribution < -0.4 is 9.03 Å². The van der Waals surface area contributed by atoms with Crippen LogP contribution in [0.15, 0.2) is 61.7 Å². The zero-order valence-corrected chi connectivity index (χ0v) is 19.6. The molecule has 0 aliphatic rings. The van der Waals surface area contributed by atoms with Crippen LogP contribution in [0.4, 0.5) is 11.4 Å². The Kier molecular flexibility index (Phi) is 8.76. The molecule has 0 unspecified atom stereocenters. The molecule has 0 bridgehead atoms. The highest BCUT2D eigenvalue weighted by atomic mass is 32.2. The maximum absolute atomic E-state index is 12.0. The number of carbonyl (C=O) groups excluding carboxylic acids is 1. The fraction of sp³-hybridized carbons (Fsp3) is 0.211. The summed E-state index contributed by atoms with van der Waals surface area (Å²) in [5.74, 6) is -0.442. The van der Waals surface area contributed by atoms with Gasteiger partial charge in [0.2, 0.25) is 20.0 Å². The lowest BCUT2D eigenvalue weighted by Crippen LogP contribution is -2.29. The molecule has 3 rings (SSSR count). The summed E-state index contributed by atoms with van der Waals surface area (Å²) in [6.07, 6.45) is 10.5. The number of carbonyl (C=O) groups is 1. The molecule has 0 aliphatic heterocycles. The van der Waals surface area contributed by atoms with E-state index in [9.17, 15) is 21.6 Å². The van der Waals surface area contributed by atoms with E-state index in [4.69, 9.17) is 0 Å². The molecule has 3 aromatic rings. The van der Waals surface area contributed by atoms with E-state index in [2.05, 4.69) is 29.4 Å². The number of nitrogens with zero attached hydrogens (tertiary/aromatic N) is 5. The van der Waals surface area contributed by atoms with E-state index in [0.717, 1.165) is 18.1 Å². The van der Waals surface area contributed by atoms with Crippen molar-refractivity contribution < 1.29 is 26.4 Å². The second-order valence-corrected chi connectivity index (χ2v) is 10.2. The van der Waals surface area contributed by atoms with Gasteiger partial charge in [-0.25, -0.2) is 41.6 Å². The van der Waals surface area contributed by atoms with E-state index < -0.39 is 26.0 Å². The number of esters is 1. The standard InChI is InChI=1S/C14H15N3O4S.C5H7N3O2S/c1-21-14(18)12-5-3-11(4-6-12)9-17(22(2,19)20)13-7-15-10-16-8-13;1-11(9,10)8-5-2-6-4-7-3-5/h3-8,10H,9H2,1-2H3;2-4,8H,1H3. The summed E-state index contributed by atoms with van der Waals surface area (Å²) >= 11 is 0. The number of ether oxygens (including phenoxy) is 1. The van der Waals surface area contributed by atoms with Gasteiger partial charge in [-0.3, -0.25) is 9.03 Å². The molecule has 176 valence electrons. The first kappa shape index (κ1) is 25.6. The second kappa shape index (κ2) is 11.3. The highest BCUT2D eigenvalue weighted by molar-refractivity contribution is 7.92. The average molecular weight is 495 g/mol. The van der Waals surface area contributed by atoms with E-state index in [1.807, 2.05) is 0 Å². The Morgan fingerprint density at radius 1 is 0.909 bits per heavy atom. The molecule has 0 spiro atoms. The number of aromatic nitrogens is 4. The molecule has 0 amide bonds. The lowest BCUT2D eigenvalue weighted by Gasteiger charge is -2.21. The van der Waals surface area contributed by atoms with Crippen molar-refractivity contribution >= 4 is 37.4 Å². The minimum absolute atomic E-state index is 0.119. The number of nitrogens with one attached hydrogen (secondary N) is 1. The summed E-state index contributed by atoms with van der Waals surface area (Å²) in [4.78, 5) is 26.3. The van der Waals surface area contributed by atoms with Crippen molar-refractivity contribution in [1.29, 1.82) is 0 Å². The Morgan fingerprint density at radius 3 is 1.88 bits per heavy atom. The van der Waals surface area contributed by atoms with E-state index in [1.165, 1.54) is 48.9 Å². The summed E-state index contributed by atoms with van der Waals surface area (Å²) in [5, 5.41) is 0. The number of benzene rings is 1. The Morgan fingerprint density at radius 2 is 1.42 bits per heavy atom. The molecule has 0 saturated carbocycles. The van der Waals surface area contributed by atoms with Crippen LogP contribution >= 0.6 is 0 Å². The summed E-state index contributed by atoms with van der Waals surface area (Å²) in [6, 6.07) is 6.52. The van der Waals surface area contributed by atoms with Crippen LogP contribution in [0.25, 0.3) is 0 Å². The van der Waals surface area contributed by atoms with Gasteiger partial charge >= 0.3 is 5.97 Å². The quantitative estimate of drug-likeness (QED) is 0.470. The van der Waals surface area contributed by atoms with Crippen LogP contribution in [-0.4, -0.2) is 62.4 Å². The number of hydrogen-bond donors (Lipinski definition) is 1. The van der Waals surface area contributed by atoms with Crippen molar-refractivity contribution in [2.45, 2.75) is 6.54 Å². The van der Waals surface area contributed by atoms with Crippen LogP contribution in [0.1, 0.15) is 15.9 Å². The van der Waals surface area contributed by atoms with E-state index >= 15 is 0 Å². The van der Waals surface area contributed by atoms with Gasteiger partial charge in [-0.05, 0) is 17.7 Å². The van der Waals surface area contributed by atoms with Crippen LogP contribution in [0.5, 0.6) is 0 Å². The highest BCUT2D eigenvalue weighted by Crippen LogP contribution is 2.18. The van der Waals surface area contributed by atoms with Gasteiger partial charge in [0, 0.05) is 0 Å². The van der Waals surface area contributed by atoms with E-state index in [1.54, 1.807) is 24.3 Å². The van der Waals surface area contributed by atoms with Crippen molar-refractivity contribution in [2.75, 3.05) is 28.6 Å². The van der Waals surface area contributed by atoms with Crippen LogP contribution in [-0.2, 0) is 31.3 Å². The lowest BCUT2D eigenvalue weighted by molar-refractivity contribution is 0.0600.